The van der Waals surface area contributed by atoms with Crippen LogP contribution in [-0.2, 0) is 11.0 Å². The minimum atomic E-state index is -4.53. The van der Waals surface area contributed by atoms with Gasteiger partial charge in [0, 0.05) is 17.3 Å². The van der Waals surface area contributed by atoms with Gasteiger partial charge in [0.25, 0.3) is 0 Å². The second kappa shape index (κ2) is 7.01. The van der Waals surface area contributed by atoms with Gasteiger partial charge in [-0.3, -0.25) is 9.48 Å². The fourth-order valence-corrected chi connectivity index (χ4v) is 2.70. The number of anilines is 1. The van der Waals surface area contributed by atoms with Gasteiger partial charge in [-0.25, -0.2) is 0 Å². The lowest BCUT2D eigenvalue weighted by molar-refractivity contribution is -0.141. The zero-order chi connectivity index (χ0) is 18.9. The fourth-order valence-electron chi connectivity index (χ4n) is 2.70. The molecule has 1 N–H and O–H groups in total. The highest BCUT2D eigenvalue weighted by Gasteiger charge is 2.39. The maximum Gasteiger partial charge on any atom is 0.435 e. The maximum absolute atomic E-state index is 13.0. The number of amides is 1. The van der Waals surface area contributed by atoms with Crippen LogP contribution in [0, 0.1) is 0 Å². The molecule has 0 saturated heterocycles. The molecule has 1 fully saturated rings. The summed E-state index contributed by atoms with van der Waals surface area (Å²) in [6.07, 6.45) is -2.90. The first kappa shape index (κ1) is 18.3. The Morgan fingerprint density at radius 3 is 2.54 bits per heavy atom. The number of aromatic nitrogens is 2. The Labute approximate surface area is 149 Å². The van der Waals surface area contributed by atoms with Crippen LogP contribution in [0.15, 0.2) is 30.3 Å². The van der Waals surface area contributed by atoms with Crippen LogP contribution in [0.1, 0.15) is 50.0 Å². The number of halogens is 3. The van der Waals surface area contributed by atoms with Crippen molar-refractivity contribution in [2.75, 3.05) is 11.9 Å². The van der Waals surface area contributed by atoms with E-state index in [0.29, 0.717) is 23.7 Å². The number of carbonyl (C=O) groups is 1. The number of benzene rings is 1. The average Bonchev–Trinajstić information content (AvgIpc) is 3.33. The molecule has 1 heterocycles. The summed E-state index contributed by atoms with van der Waals surface area (Å²) in [7, 11) is 0. The van der Waals surface area contributed by atoms with Gasteiger partial charge in [0.15, 0.2) is 5.69 Å². The van der Waals surface area contributed by atoms with E-state index in [2.05, 4.69) is 10.4 Å². The van der Waals surface area contributed by atoms with Crippen molar-refractivity contribution in [1.29, 1.82) is 0 Å². The summed E-state index contributed by atoms with van der Waals surface area (Å²) in [6.45, 7) is 3.95. The molecule has 1 saturated carbocycles. The van der Waals surface area contributed by atoms with E-state index in [4.69, 9.17) is 4.74 Å². The van der Waals surface area contributed by atoms with E-state index in [1.165, 1.54) is 4.68 Å². The van der Waals surface area contributed by atoms with Gasteiger partial charge >= 0.3 is 6.18 Å². The highest BCUT2D eigenvalue weighted by Crippen LogP contribution is 2.43. The molecule has 0 aliphatic heterocycles. The number of nitrogens with one attached hydrogen (secondary N) is 1. The normalized spacial score (nSPS) is 15.6. The summed E-state index contributed by atoms with van der Waals surface area (Å²) in [5, 5.41) is 6.36. The highest BCUT2D eigenvalue weighted by atomic mass is 19.4. The largest absolute Gasteiger partial charge is 0.494 e. The van der Waals surface area contributed by atoms with Gasteiger partial charge in [-0.2, -0.15) is 18.3 Å². The number of nitrogens with zero attached hydrogens (tertiary/aromatic N) is 2. The van der Waals surface area contributed by atoms with Crippen molar-refractivity contribution in [2.24, 2.45) is 0 Å². The Kier molecular flexibility index (Phi) is 4.93. The van der Waals surface area contributed by atoms with Crippen molar-refractivity contribution >= 4 is 11.6 Å². The molecule has 3 rings (SSSR count). The third kappa shape index (κ3) is 4.00. The predicted molar refractivity (Wildman–Crippen MR) is 90.2 cm³/mol. The van der Waals surface area contributed by atoms with E-state index in [1.807, 2.05) is 6.92 Å². The molecular weight excluding hydrogens is 347 g/mol. The zero-order valence-corrected chi connectivity index (χ0v) is 14.5. The number of ether oxygens (including phenoxy) is 1. The Hall–Kier alpha value is -2.51. The molecular formula is C18H20F3N3O2. The lowest BCUT2D eigenvalue weighted by Gasteiger charge is -2.16. The molecule has 1 aromatic carbocycles. The molecule has 1 aliphatic rings. The van der Waals surface area contributed by atoms with E-state index in [0.717, 1.165) is 18.9 Å². The minimum absolute atomic E-state index is 0.0410. The molecule has 8 heteroatoms. The average molecular weight is 367 g/mol. The molecule has 26 heavy (non-hydrogen) atoms. The van der Waals surface area contributed by atoms with Crippen molar-refractivity contribution < 1.29 is 22.7 Å². The maximum atomic E-state index is 13.0. The summed E-state index contributed by atoms with van der Waals surface area (Å²) < 4.78 is 45.5. The lowest BCUT2D eigenvalue weighted by atomic mass is 10.2. The van der Waals surface area contributed by atoms with Gasteiger partial charge < -0.3 is 10.1 Å². The first-order chi connectivity index (χ1) is 12.3. The Bertz CT molecular complexity index is 780. The third-order valence-corrected chi connectivity index (χ3v) is 4.23. The quantitative estimate of drug-likeness (QED) is 0.824. The van der Waals surface area contributed by atoms with Crippen molar-refractivity contribution in [1.82, 2.24) is 9.78 Å². The molecule has 5 nitrogen and oxygen atoms in total. The second-order valence-electron chi connectivity index (χ2n) is 6.29. The summed E-state index contributed by atoms with van der Waals surface area (Å²) >= 11 is 0. The molecule has 1 atom stereocenters. The number of alkyl halides is 3. The SMILES string of the molecule is CCOc1ccc(NC(=O)C(C)n2nc(C(F)(F)F)cc2C2CC2)cc1. The molecule has 1 aliphatic carbocycles. The smallest absolute Gasteiger partial charge is 0.435 e. The summed E-state index contributed by atoms with van der Waals surface area (Å²) in [5.74, 6) is 0.295. The molecule has 0 radical (unpaired) electrons. The lowest BCUT2D eigenvalue weighted by Crippen LogP contribution is -2.26. The van der Waals surface area contributed by atoms with Crippen molar-refractivity contribution in [2.45, 2.75) is 44.8 Å². The van der Waals surface area contributed by atoms with Crippen LogP contribution in [0.5, 0.6) is 5.75 Å². The van der Waals surface area contributed by atoms with Crippen LogP contribution in [0.4, 0.5) is 18.9 Å². The zero-order valence-electron chi connectivity index (χ0n) is 14.5. The standard InChI is InChI=1S/C18H20F3N3O2/c1-3-26-14-8-6-13(7-9-14)22-17(25)11(2)24-15(12-4-5-12)10-16(23-24)18(19,20)21/h6-12H,3-5H2,1-2H3,(H,22,25). The molecule has 1 aromatic heterocycles. The van der Waals surface area contributed by atoms with Crippen molar-refractivity contribution in [3.63, 3.8) is 0 Å². The van der Waals surface area contributed by atoms with Gasteiger partial charge in [-0.15, -0.1) is 0 Å². The third-order valence-electron chi connectivity index (χ3n) is 4.23. The van der Waals surface area contributed by atoms with Crippen LogP contribution in [0.3, 0.4) is 0 Å². The van der Waals surface area contributed by atoms with E-state index < -0.39 is 23.8 Å². The first-order valence-electron chi connectivity index (χ1n) is 8.50. The number of hydrogen-bond donors (Lipinski definition) is 1. The molecule has 0 spiro atoms. The number of carbonyl (C=O) groups excluding carboxylic acids is 1. The minimum Gasteiger partial charge on any atom is -0.494 e. The fraction of sp³-hybridized carbons (Fsp3) is 0.444. The summed E-state index contributed by atoms with van der Waals surface area (Å²) in [6, 6.07) is 7.00. The van der Waals surface area contributed by atoms with Crippen LogP contribution in [0.2, 0.25) is 0 Å². The molecule has 1 amide bonds. The predicted octanol–water partition coefficient (Wildman–Crippen LogP) is 4.38. The van der Waals surface area contributed by atoms with Crippen LogP contribution < -0.4 is 10.1 Å². The first-order valence-corrected chi connectivity index (χ1v) is 8.50. The highest BCUT2D eigenvalue weighted by molar-refractivity contribution is 5.93. The van der Waals surface area contributed by atoms with E-state index in [9.17, 15) is 18.0 Å². The number of rotatable bonds is 6. The molecule has 0 bridgehead atoms. The topological polar surface area (TPSA) is 56.1 Å². The Morgan fingerprint density at radius 2 is 2.00 bits per heavy atom. The van der Waals surface area contributed by atoms with Gasteiger partial charge in [-0.1, -0.05) is 0 Å². The van der Waals surface area contributed by atoms with Gasteiger partial charge in [-0.05, 0) is 57.0 Å². The van der Waals surface area contributed by atoms with Crippen molar-refractivity contribution in [3.05, 3.63) is 41.7 Å². The van der Waals surface area contributed by atoms with Gasteiger partial charge in [0.05, 0.1) is 6.61 Å². The van der Waals surface area contributed by atoms with Crippen LogP contribution in [0.25, 0.3) is 0 Å². The van der Waals surface area contributed by atoms with Crippen molar-refractivity contribution in [3.8, 4) is 5.75 Å². The van der Waals surface area contributed by atoms with E-state index >= 15 is 0 Å². The Balaban J connectivity index is 1.76. The van der Waals surface area contributed by atoms with Gasteiger partial charge in [0.1, 0.15) is 11.8 Å². The van der Waals surface area contributed by atoms with Crippen LogP contribution >= 0.6 is 0 Å². The second-order valence-corrected chi connectivity index (χ2v) is 6.29. The molecule has 140 valence electrons. The number of hydrogen-bond acceptors (Lipinski definition) is 3. The monoisotopic (exact) mass is 367 g/mol. The molecule has 1 unspecified atom stereocenters. The van der Waals surface area contributed by atoms with E-state index in [-0.39, 0.29) is 5.92 Å². The summed E-state index contributed by atoms with van der Waals surface area (Å²) in [5.41, 5.74) is 0.0493. The van der Waals surface area contributed by atoms with Gasteiger partial charge in [0.2, 0.25) is 5.91 Å². The summed E-state index contributed by atoms with van der Waals surface area (Å²) in [4.78, 5) is 12.5. The Morgan fingerprint density at radius 1 is 1.35 bits per heavy atom. The molecule has 2 aromatic rings. The van der Waals surface area contributed by atoms with Crippen LogP contribution in [-0.4, -0.2) is 22.3 Å². The van der Waals surface area contributed by atoms with E-state index in [1.54, 1.807) is 31.2 Å².